The highest BCUT2D eigenvalue weighted by atomic mass is 16.5. The van der Waals surface area contributed by atoms with Crippen LogP contribution in [0.4, 0.5) is 4.79 Å². The van der Waals surface area contributed by atoms with Crippen LogP contribution in [0.1, 0.15) is 12.5 Å². The molecule has 0 saturated heterocycles. The molecular weight excluding hydrogens is 392 g/mol. The van der Waals surface area contributed by atoms with Crippen molar-refractivity contribution in [1.29, 1.82) is 0 Å². The van der Waals surface area contributed by atoms with Crippen LogP contribution in [0.25, 0.3) is 0 Å². The SMILES string of the molecule is CCN1C(NC(=O)OC)=CN2NC(OCc3cc(OC)c(OC)c(OC)c3)=CC=C21. The Kier molecular flexibility index (Phi) is 6.45. The van der Waals surface area contributed by atoms with Gasteiger partial charge < -0.3 is 28.6 Å². The van der Waals surface area contributed by atoms with E-state index in [1.165, 1.54) is 7.11 Å². The number of hydrogen-bond acceptors (Lipinski definition) is 9. The molecule has 1 aromatic rings. The van der Waals surface area contributed by atoms with Gasteiger partial charge in [-0.3, -0.25) is 10.7 Å². The third-order valence-electron chi connectivity index (χ3n) is 4.53. The Morgan fingerprint density at radius 3 is 2.33 bits per heavy atom. The third-order valence-corrected chi connectivity index (χ3v) is 4.53. The summed E-state index contributed by atoms with van der Waals surface area (Å²) < 4.78 is 26.7. The van der Waals surface area contributed by atoms with Gasteiger partial charge in [0, 0.05) is 12.6 Å². The van der Waals surface area contributed by atoms with E-state index in [2.05, 4.69) is 15.5 Å². The summed E-state index contributed by atoms with van der Waals surface area (Å²) in [6.07, 6.45) is 4.93. The molecule has 1 aromatic carbocycles. The van der Waals surface area contributed by atoms with E-state index in [0.717, 1.165) is 11.4 Å². The van der Waals surface area contributed by atoms with Crippen molar-refractivity contribution in [3.8, 4) is 17.2 Å². The van der Waals surface area contributed by atoms with Gasteiger partial charge in [-0.2, -0.15) is 0 Å². The summed E-state index contributed by atoms with van der Waals surface area (Å²) in [6.45, 7) is 2.92. The van der Waals surface area contributed by atoms with E-state index in [0.29, 0.717) is 35.5 Å². The molecule has 0 aromatic heterocycles. The van der Waals surface area contributed by atoms with Crippen molar-refractivity contribution in [2.24, 2.45) is 0 Å². The number of alkyl carbamates (subject to hydrolysis) is 1. The maximum absolute atomic E-state index is 11.6. The number of benzene rings is 1. The molecule has 0 saturated carbocycles. The molecule has 2 aliphatic heterocycles. The van der Waals surface area contributed by atoms with E-state index in [-0.39, 0.29) is 6.61 Å². The summed E-state index contributed by atoms with van der Waals surface area (Å²) >= 11 is 0. The van der Waals surface area contributed by atoms with E-state index in [4.69, 9.17) is 18.9 Å². The predicted molar refractivity (Wildman–Crippen MR) is 108 cm³/mol. The molecule has 0 atom stereocenters. The van der Waals surface area contributed by atoms with Crippen LogP contribution in [0, 0.1) is 0 Å². The third kappa shape index (κ3) is 4.17. The van der Waals surface area contributed by atoms with Gasteiger partial charge >= 0.3 is 6.09 Å². The molecule has 3 rings (SSSR count). The largest absolute Gasteiger partial charge is 0.493 e. The lowest BCUT2D eigenvalue weighted by atomic mass is 10.2. The number of nitrogens with zero attached hydrogens (tertiary/aromatic N) is 2. The monoisotopic (exact) mass is 418 g/mol. The van der Waals surface area contributed by atoms with Crippen molar-refractivity contribution in [3.63, 3.8) is 0 Å². The summed E-state index contributed by atoms with van der Waals surface area (Å²) in [7, 11) is 6.02. The molecule has 10 nitrogen and oxygen atoms in total. The number of methoxy groups -OCH3 is 4. The number of fused-ring (bicyclic) bond motifs is 1. The number of hydrogen-bond donors (Lipinski definition) is 2. The van der Waals surface area contributed by atoms with Crippen LogP contribution < -0.4 is 25.0 Å². The zero-order valence-electron chi connectivity index (χ0n) is 17.6. The molecule has 0 radical (unpaired) electrons. The fraction of sp³-hybridized carbons (Fsp3) is 0.350. The van der Waals surface area contributed by atoms with Gasteiger partial charge in [-0.25, -0.2) is 9.80 Å². The predicted octanol–water partition coefficient (Wildman–Crippen LogP) is 2.22. The Morgan fingerprint density at radius 1 is 1.07 bits per heavy atom. The number of hydrazine groups is 1. The highest BCUT2D eigenvalue weighted by molar-refractivity contribution is 5.69. The summed E-state index contributed by atoms with van der Waals surface area (Å²) in [5, 5.41) is 4.46. The molecule has 0 bridgehead atoms. The second kappa shape index (κ2) is 9.21. The minimum Gasteiger partial charge on any atom is -0.493 e. The topological polar surface area (TPSA) is 93.8 Å². The fourth-order valence-corrected chi connectivity index (χ4v) is 3.13. The highest BCUT2D eigenvalue weighted by Gasteiger charge is 2.29. The summed E-state index contributed by atoms with van der Waals surface area (Å²) in [5.74, 6) is 3.63. The zero-order valence-corrected chi connectivity index (χ0v) is 17.6. The first-order valence-corrected chi connectivity index (χ1v) is 9.28. The molecular formula is C20H26N4O6. The van der Waals surface area contributed by atoms with Gasteiger partial charge in [-0.1, -0.05) is 0 Å². The Morgan fingerprint density at radius 2 is 1.77 bits per heavy atom. The zero-order chi connectivity index (χ0) is 21.7. The van der Waals surface area contributed by atoms with Crippen LogP contribution in [0.15, 0.2) is 48.0 Å². The van der Waals surface area contributed by atoms with Gasteiger partial charge in [0.15, 0.2) is 11.5 Å². The van der Waals surface area contributed by atoms with Crippen molar-refractivity contribution in [2.75, 3.05) is 35.0 Å². The first-order chi connectivity index (χ1) is 14.5. The van der Waals surface area contributed by atoms with Gasteiger partial charge in [0.1, 0.15) is 18.2 Å². The average Bonchev–Trinajstić information content (AvgIpc) is 3.12. The lowest BCUT2D eigenvalue weighted by Crippen LogP contribution is -2.38. The number of amides is 1. The fourth-order valence-electron chi connectivity index (χ4n) is 3.13. The average molecular weight is 418 g/mol. The van der Waals surface area contributed by atoms with E-state index < -0.39 is 6.09 Å². The Labute approximate surface area is 175 Å². The van der Waals surface area contributed by atoms with Gasteiger partial charge in [0.05, 0.1) is 34.6 Å². The number of allylic oxidation sites excluding steroid dienone is 2. The molecule has 162 valence electrons. The quantitative estimate of drug-likeness (QED) is 0.659. The van der Waals surface area contributed by atoms with Crippen LogP contribution in [-0.2, 0) is 16.1 Å². The first kappa shape index (κ1) is 21.0. The van der Waals surface area contributed by atoms with E-state index in [1.54, 1.807) is 32.5 Å². The second-order valence-electron chi connectivity index (χ2n) is 6.24. The van der Waals surface area contributed by atoms with Gasteiger partial charge in [-0.15, -0.1) is 0 Å². The number of ether oxygens (including phenoxy) is 5. The summed E-state index contributed by atoms with van der Waals surface area (Å²) in [6, 6.07) is 3.66. The van der Waals surface area contributed by atoms with Crippen LogP contribution in [0.2, 0.25) is 0 Å². The van der Waals surface area contributed by atoms with Crippen molar-refractivity contribution >= 4 is 6.09 Å². The summed E-state index contributed by atoms with van der Waals surface area (Å²) in [5.41, 5.74) is 4.01. The Hall–Kier alpha value is -3.69. The standard InChI is InChI=1S/C20H26N4O6/c1-6-23-16(21-20(25)29-5)11-24-18(23)8-7-17(22-24)30-12-13-9-14(26-2)19(28-4)15(10-13)27-3/h7-11,22H,6,12H2,1-5H3,(H,21,25). The van der Waals surface area contributed by atoms with E-state index in [1.807, 2.05) is 36.1 Å². The van der Waals surface area contributed by atoms with Gasteiger partial charge in [0.25, 0.3) is 0 Å². The van der Waals surface area contributed by atoms with Gasteiger partial charge in [0.2, 0.25) is 11.6 Å². The molecule has 2 heterocycles. The second-order valence-corrected chi connectivity index (χ2v) is 6.24. The molecule has 10 heteroatoms. The first-order valence-electron chi connectivity index (χ1n) is 9.28. The van der Waals surface area contributed by atoms with Gasteiger partial charge in [-0.05, 0) is 30.7 Å². The normalized spacial score (nSPS) is 14.6. The number of rotatable bonds is 8. The van der Waals surface area contributed by atoms with Crippen LogP contribution in [-0.4, -0.2) is 51.0 Å². The van der Waals surface area contributed by atoms with Crippen molar-refractivity contribution in [1.82, 2.24) is 20.7 Å². The number of carbonyl (C=O) groups excluding carboxylic acids is 1. The molecule has 2 aliphatic rings. The Bertz CT molecular complexity index is 870. The van der Waals surface area contributed by atoms with Crippen LogP contribution in [0.5, 0.6) is 17.2 Å². The molecule has 1 amide bonds. The highest BCUT2D eigenvalue weighted by Crippen LogP contribution is 2.38. The lowest BCUT2D eigenvalue weighted by Gasteiger charge is -2.29. The van der Waals surface area contributed by atoms with Crippen molar-refractivity contribution < 1.29 is 28.5 Å². The minimum atomic E-state index is -0.535. The Balaban J connectivity index is 1.71. The lowest BCUT2D eigenvalue weighted by molar-refractivity contribution is 0.134. The van der Waals surface area contributed by atoms with E-state index in [9.17, 15) is 4.79 Å². The molecule has 2 N–H and O–H groups in total. The molecule has 0 unspecified atom stereocenters. The minimum absolute atomic E-state index is 0.279. The maximum Gasteiger partial charge on any atom is 0.412 e. The number of carbonyl (C=O) groups is 1. The molecule has 0 aliphatic carbocycles. The van der Waals surface area contributed by atoms with Crippen molar-refractivity contribution in [2.45, 2.75) is 13.5 Å². The summed E-state index contributed by atoms with van der Waals surface area (Å²) in [4.78, 5) is 13.5. The smallest absolute Gasteiger partial charge is 0.412 e. The molecule has 0 fully saturated rings. The maximum atomic E-state index is 11.6. The molecule has 0 spiro atoms. The van der Waals surface area contributed by atoms with Crippen LogP contribution >= 0.6 is 0 Å². The van der Waals surface area contributed by atoms with E-state index >= 15 is 0 Å². The van der Waals surface area contributed by atoms with Crippen molar-refractivity contribution in [3.05, 3.63) is 53.6 Å². The number of nitrogens with one attached hydrogen (secondary N) is 2. The molecule has 30 heavy (non-hydrogen) atoms. The van der Waals surface area contributed by atoms with Crippen LogP contribution in [0.3, 0.4) is 0 Å².